The molecule has 0 aliphatic carbocycles. The minimum Gasteiger partial charge on any atom is -0.493 e. The highest BCUT2D eigenvalue weighted by Crippen LogP contribution is 2.29. The van der Waals surface area contributed by atoms with Crippen LogP contribution in [0.3, 0.4) is 0 Å². The Morgan fingerprint density at radius 2 is 1.73 bits per heavy atom. The number of sulfonamides is 1. The van der Waals surface area contributed by atoms with Crippen molar-refractivity contribution in [1.29, 1.82) is 0 Å². The Kier molecular flexibility index (Phi) is 12.5. The van der Waals surface area contributed by atoms with Gasteiger partial charge >= 0.3 is 16.1 Å². The number of nitrogens with two attached hydrogens (primary N) is 2. The Morgan fingerprint density at radius 1 is 1.02 bits per heavy atom. The smallest absolute Gasteiger partial charge is 0.339 e. The van der Waals surface area contributed by atoms with Crippen molar-refractivity contribution in [2.45, 2.75) is 55.4 Å². The van der Waals surface area contributed by atoms with Gasteiger partial charge in [0.15, 0.2) is 0 Å². The Hall–Kier alpha value is -3.27. The first-order chi connectivity index (χ1) is 18.9. The van der Waals surface area contributed by atoms with Crippen molar-refractivity contribution in [3.63, 3.8) is 0 Å². The molecule has 16 heteroatoms. The van der Waals surface area contributed by atoms with Crippen LogP contribution >= 0.6 is 12.4 Å². The lowest BCUT2D eigenvalue weighted by atomic mass is 10.1. The van der Waals surface area contributed by atoms with E-state index in [1.165, 1.54) is 30.3 Å². The van der Waals surface area contributed by atoms with E-state index in [4.69, 9.17) is 30.0 Å². The van der Waals surface area contributed by atoms with Crippen molar-refractivity contribution in [3.05, 3.63) is 48.0 Å². The minimum atomic E-state index is -4.43. The molecule has 1 heterocycles. The van der Waals surface area contributed by atoms with E-state index in [0.29, 0.717) is 37.0 Å². The third-order valence-corrected chi connectivity index (χ3v) is 8.91. The summed E-state index contributed by atoms with van der Waals surface area (Å²) >= 11 is 0. The van der Waals surface area contributed by atoms with Crippen LogP contribution in [-0.4, -0.2) is 65.5 Å². The normalized spacial score (nSPS) is 15.7. The molecule has 228 valence electrons. The van der Waals surface area contributed by atoms with Crippen LogP contribution in [0.4, 0.5) is 0 Å². The molecular weight excluding hydrogens is 600 g/mol. The monoisotopic (exact) mass is 634 g/mol. The van der Waals surface area contributed by atoms with Gasteiger partial charge in [0.25, 0.3) is 0 Å². The molecule has 3 rings (SSSR count). The molecule has 1 atom stereocenters. The van der Waals surface area contributed by atoms with E-state index in [1.807, 2.05) is 0 Å². The lowest BCUT2D eigenvalue weighted by molar-refractivity contribution is -0.148. The van der Waals surface area contributed by atoms with Gasteiger partial charge in [-0.1, -0.05) is 6.07 Å². The molecule has 0 amide bonds. The summed E-state index contributed by atoms with van der Waals surface area (Å²) in [6, 6.07) is 8.47. The Labute approximate surface area is 246 Å². The number of aryl methyl sites for hydroxylation is 1. The lowest BCUT2D eigenvalue weighted by Gasteiger charge is -2.33. The highest BCUT2D eigenvalue weighted by molar-refractivity contribution is 7.89. The predicted octanol–water partition coefficient (Wildman–Crippen LogP) is 2.26. The molecule has 1 unspecified atom stereocenters. The van der Waals surface area contributed by atoms with Crippen LogP contribution in [0.2, 0.25) is 0 Å². The minimum absolute atomic E-state index is 0. The molecule has 0 aromatic heterocycles. The fraction of sp³-hybridized carbons (Fsp3) is 0.440. The van der Waals surface area contributed by atoms with Gasteiger partial charge in [0, 0.05) is 19.0 Å². The number of guanidine groups is 1. The van der Waals surface area contributed by atoms with Crippen LogP contribution in [0.25, 0.3) is 0 Å². The number of carbonyl (C=O) groups excluding carboxylic acids is 1. The van der Waals surface area contributed by atoms with E-state index in [2.05, 4.69) is 5.16 Å². The number of hydrogen-bond donors (Lipinski definition) is 2. The number of halogens is 1. The molecule has 1 saturated heterocycles. The number of oxime groups is 1. The second-order valence-corrected chi connectivity index (χ2v) is 12.4. The Morgan fingerprint density at radius 3 is 2.44 bits per heavy atom. The fourth-order valence-corrected chi connectivity index (χ4v) is 6.78. The summed E-state index contributed by atoms with van der Waals surface area (Å²) in [5, 5.41) is 3.40. The number of esters is 1. The zero-order valence-corrected chi connectivity index (χ0v) is 25.2. The maximum Gasteiger partial charge on any atom is 0.339 e. The summed E-state index contributed by atoms with van der Waals surface area (Å²) in [6.45, 7) is 4.06. The summed E-state index contributed by atoms with van der Waals surface area (Å²) in [5.74, 6) is -0.480. The van der Waals surface area contributed by atoms with Crippen molar-refractivity contribution in [2.24, 2.45) is 16.6 Å². The van der Waals surface area contributed by atoms with Crippen molar-refractivity contribution < 1.29 is 40.1 Å². The second-order valence-electron chi connectivity index (χ2n) is 8.92. The molecule has 0 spiro atoms. The van der Waals surface area contributed by atoms with Gasteiger partial charge in [-0.3, -0.25) is 4.79 Å². The highest BCUT2D eigenvalue weighted by atomic mass is 35.5. The van der Waals surface area contributed by atoms with Crippen molar-refractivity contribution in [3.8, 4) is 11.5 Å². The summed E-state index contributed by atoms with van der Waals surface area (Å²) in [4.78, 5) is 16.7. The molecule has 1 aliphatic heterocycles. The topological polar surface area (TPSA) is 190 Å². The van der Waals surface area contributed by atoms with Crippen LogP contribution in [0, 0.1) is 6.92 Å². The maximum absolute atomic E-state index is 13.5. The van der Waals surface area contributed by atoms with E-state index in [9.17, 15) is 21.6 Å². The van der Waals surface area contributed by atoms with Crippen LogP contribution < -0.4 is 20.4 Å². The van der Waals surface area contributed by atoms with Crippen molar-refractivity contribution in [1.82, 2.24) is 4.31 Å². The van der Waals surface area contributed by atoms with Crippen LogP contribution in [0.5, 0.6) is 11.5 Å². The third-order valence-electron chi connectivity index (χ3n) is 5.76. The van der Waals surface area contributed by atoms with Gasteiger partial charge in [-0.05, 0) is 74.2 Å². The standard InChI is InChI=1S/C25H34N4O9S2.ClH/c1-3-35-24(30)23-10-4-5-11-29(23)39(31,32)21-8-6-9-22(17-21)40(33,34)38-20-15-18(2)14-19(16-20)36-12-7-13-37-28-25(26)27;/h6,8-9,14-17,23H,3-5,7,10-13H2,1-2H3,(H4,26,27,28);1H. The fourth-order valence-electron chi connectivity index (χ4n) is 4.05. The number of ether oxygens (including phenoxy) is 2. The first-order valence-electron chi connectivity index (χ1n) is 12.6. The summed E-state index contributed by atoms with van der Waals surface area (Å²) < 4.78 is 70.3. The van der Waals surface area contributed by atoms with Gasteiger partial charge in [0.1, 0.15) is 29.0 Å². The molecule has 0 saturated carbocycles. The van der Waals surface area contributed by atoms with Gasteiger partial charge in [0.2, 0.25) is 16.0 Å². The maximum atomic E-state index is 13.5. The van der Waals surface area contributed by atoms with Crippen molar-refractivity contribution >= 4 is 44.5 Å². The van der Waals surface area contributed by atoms with E-state index in [-0.39, 0.29) is 60.3 Å². The van der Waals surface area contributed by atoms with Crippen LogP contribution in [0.1, 0.15) is 38.2 Å². The van der Waals surface area contributed by atoms with Crippen LogP contribution in [0.15, 0.2) is 57.4 Å². The van der Waals surface area contributed by atoms with Gasteiger partial charge in [-0.15, -0.1) is 12.4 Å². The van der Waals surface area contributed by atoms with E-state index in [0.717, 1.165) is 10.4 Å². The van der Waals surface area contributed by atoms with Gasteiger partial charge in [-0.2, -0.15) is 12.7 Å². The quantitative estimate of drug-likeness (QED) is 0.0820. The zero-order valence-electron chi connectivity index (χ0n) is 22.7. The number of benzene rings is 2. The number of piperidine rings is 1. The number of carbonyl (C=O) groups is 1. The molecule has 2 aromatic rings. The third kappa shape index (κ3) is 9.38. The SMILES string of the molecule is CCOC(=O)C1CCCCN1S(=O)(=O)c1cccc(S(=O)(=O)Oc2cc(C)cc(OCCCON=C(N)N)c2)c1.Cl. The molecule has 41 heavy (non-hydrogen) atoms. The zero-order chi connectivity index (χ0) is 29.3. The second kappa shape index (κ2) is 15.1. The number of rotatable bonds is 13. The van der Waals surface area contributed by atoms with Gasteiger partial charge in [-0.25, -0.2) is 8.42 Å². The summed E-state index contributed by atoms with van der Waals surface area (Å²) in [6.07, 6.45) is 2.01. The average Bonchev–Trinajstić information content (AvgIpc) is 2.90. The molecule has 13 nitrogen and oxygen atoms in total. The number of nitrogens with zero attached hydrogens (tertiary/aromatic N) is 2. The lowest BCUT2D eigenvalue weighted by Crippen LogP contribution is -2.48. The first-order valence-corrected chi connectivity index (χ1v) is 15.5. The molecule has 0 radical (unpaired) electrons. The predicted molar refractivity (Wildman–Crippen MR) is 153 cm³/mol. The Bertz CT molecular complexity index is 1430. The van der Waals surface area contributed by atoms with Gasteiger partial charge < -0.3 is 30.0 Å². The molecule has 1 fully saturated rings. The molecular formula is C25H35ClN4O9S2. The summed E-state index contributed by atoms with van der Waals surface area (Å²) in [5.41, 5.74) is 11.0. The highest BCUT2D eigenvalue weighted by Gasteiger charge is 2.39. The Balaban J connectivity index is 0.00000588. The molecule has 1 aliphatic rings. The number of hydrogen-bond acceptors (Lipinski definition) is 10. The molecule has 2 aromatic carbocycles. The molecule has 4 N–H and O–H groups in total. The molecule has 0 bridgehead atoms. The summed E-state index contributed by atoms with van der Waals surface area (Å²) in [7, 11) is -8.63. The van der Waals surface area contributed by atoms with E-state index < -0.39 is 32.2 Å². The first kappa shape index (κ1) is 33.9. The largest absolute Gasteiger partial charge is 0.493 e. The average molecular weight is 635 g/mol. The van der Waals surface area contributed by atoms with Gasteiger partial charge in [0.05, 0.1) is 18.1 Å². The van der Waals surface area contributed by atoms with E-state index in [1.54, 1.807) is 19.9 Å². The van der Waals surface area contributed by atoms with E-state index >= 15 is 0 Å². The van der Waals surface area contributed by atoms with Crippen molar-refractivity contribution in [2.75, 3.05) is 26.4 Å². The van der Waals surface area contributed by atoms with Crippen LogP contribution in [-0.2, 0) is 34.5 Å².